The molecule has 44 heavy (non-hydrogen) atoms. The van der Waals surface area contributed by atoms with Crippen molar-refractivity contribution in [3.8, 4) is 22.4 Å². The lowest BCUT2D eigenvalue weighted by atomic mass is 9.94. The standard InChI is InChI=1S/C35H39FN2O6/c1-22(2)33-32(35(43)37-27-15-9-23(10-16-27)21-44-3)31(24-7-5-4-6-8-24)34(25-11-13-26(36)14-12-25)38(33)18-17-28(39)19-29(40)20-30(41)42/h4-16,22,28-29,39-40H,17-21H2,1-3H3,(H,37,43)(H,41,42)/t28-,29-/m1/s1. The van der Waals surface area contributed by atoms with Gasteiger partial charge >= 0.3 is 5.97 Å². The summed E-state index contributed by atoms with van der Waals surface area (Å²) in [6.45, 7) is 4.68. The molecule has 0 saturated carbocycles. The monoisotopic (exact) mass is 602 g/mol. The molecule has 1 amide bonds. The molecule has 4 aromatic rings. The van der Waals surface area contributed by atoms with E-state index in [0.29, 0.717) is 34.7 Å². The van der Waals surface area contributed by atoms with Gasteiger partial charge in [-0.05, 0) is 71.8 Å². The molecule has 4 N–H and O–H groups in total. The van der Waals surface area contributed by atoms with Crippen LogP contribution in [0, 0.1) is 5.82 Å². The molecule has 0 unspecified atom stereocenters. The number of aromatic nitrogens is 1. The first-order valence-electron chi connectivity index (χ1n) is 14.6. The van der Waals surface area contributed by atoms with Crippen LogP contribution in [0.25, 0.3) is 22.4 Å². The minimum atomic E-state index is -1.19. The van der Waals surface area contributed by atoms with Crippen molar-refractivity contribution in [3.05, 3.63) is 102 Å². The summed E-state index contributed by atoms with van der Waals surface area (Å²) in [5.74, 6) is -1.99. The van der Waals surface area contributed by atoms with E-state index in [1.54, 1.807) is 19.2 Å². The third-order valence-electron chi connectivity index (χ3n) is 7.42. The Morgan fingerprint density at radius 1 is 0.909 bits per heavy atom. The third kappa shape index (κ3) is 7.99. The van der Waals surface area contributed by atoms with Crippen LogP contribution < -0.4 is 5.32 Å². The molecule has 3 aromatic carbocycles. The summed E-state index contributed by atoms with van der Waals surface area (Å²) in [7, 11) is 1.62. The van der Waals surface area contributed by atoms with E-state index in [4.69, 9.17) is 9.84 Å². The number of hydrogen-bond acceptors (Lipinski definition) is 5. The Morgan fingerprint density at radius 2 is 1.57 bits per heavy atom. The zero-order chi connectivity index (χ0) is 31.8. The number of anilines is 1. The van der Waals surface area contributed by atoms with Crippen LogP contribution in [0.4, 0.5) is 10.1 Å². The molecule has 0 fully saturated rings. The van der Waals surface area contributed by atoms with Crippen LogP contribution in [0.2, 0.25) is 0 Å². The van der Waals surface area contributed by atoms with Gasteiger partial charge in [0.15, 0.2) is 0 Å². The van der Waals surface area contributed by atoms with E-state index < -0.39 is 30.4 Å². The Bertz CT molecular complexity index is 1550. The number of benzene rings is 3. The SMILES string of the molecule is COCc1ccc(NC(=O)c2c(-c3ccccc3)c(-c3ccc(F)cc3)n(CC[C@@H](O)C[C@@H](O)CC(=O)O)c2C(C)C)cc1. The second-order valence-corrected chi connectivity index (χ2v) is 11.2. The van der Waals surface area contributed by atoms with Gasteiger partial charge in [0.05, 0.1) is 36.5 Å². The molecule has 0 bridgehead atoms. The van der Waals surface area contributed by atoms with Crippen molar-refractivity contribution < 1.29 is 34.0 Å². The van der Waals surface area contributed by atoms with E-state index in [1.807, 2.05) is 73.0 Å². The fraction of sp³-hybridized carbons (Fsp3) is 0.314. The lowest BCUT2D eigenvalue weighted by molar-refractivity contribution is -0.139. The van der Waals surface area contributed by atoms with Gasteiger partial charge in [0, 0.05) is 30.6 Å². The molecule has 1 aromatic heterocycles. The molecule has 0 aliphatic heterocycles. The van der Waals surface area contributed by atoms with Gasteiger partial charge < -0.3 is 29.9 Å². The predicted octanol–water partition coefficient (Wildman–Crippen LogP) is 6.46. The second-order valence-electron chi connectivity index (χ2n) is 11.2. The number of aliphatic hydroxyl groups excluding tert-OH is 2. The van der Waals surface area contributed by atoms with Crippen molar-refractivity contribution >= 4 is 17.6 Å². The maximum absolute atomic E-state index is 14.2. The fourth-order valence-corrected chi connectivity index (χ4v) is 5.53. The number of amides is 1. The average molecular weight is 603 g/mol. The number of methoxy groups -OCH3 is 1. The number of nitrogens with zero attached hydrogens (tertiary/aromatic N) is 1. The summed E-state index contributed by atoms with van der Waals surface area (Å²) in [5.41, 5.74) is 5.63. The number of aliphatic hydroxyl groups is 2. The van der Waals surface area contributed by atoms with Crippen LogP contribution in [0.1, 0.15) is 60.6 Å². The number of rotatable bonds is 14. The van der Waals surface area contributed by atoms with E-state index >= 15 is 0 Å². The molecular weight excluding hydrogens is 563 g/mol. The van der Waals surface area contributed by atoms with Gasteiger partial charge in [0.2, 0.25) is 0 Å². The summed E-state index contributed by atoms with van der Waals surface area (Å²) in [6, 6.07) is 23.0. The van der Waals surface area contributed by atoms with Gasteiger partial charge in [-0.3, -0.25) is 9.59 Å². The number of halogens is 1. The van der Waals surface area contributed by atoms with Crippen molar-refractivity contribution in [1.82, 2.24) is 4.57 Å². The highest BCUT2D eigenvalue weighted by atomic mass is 19.1. The molecule has 0 aliphatic carbocycles. The van der Waals surface area contributed by atoms with Crippen molar-refractivity contribution in [2.24, 2.45) is 0 Å². The first-order chi connectivity index (χ1) is 21.1. The van der Waals surface area contributed by atoms with Crippen LogP contribution in [-0.4, -0.2) is 51.1 Å². The van der Waals surface area contributed by atoms with E-state index in [2.05, 4.69) is 5.32 Å². The van der Waals surface area contributed by atoms with E-state index in [-0.39, 0.29) is 31.2 Å². The third-order valence-corrected chi connectivity index (χ3v) is 7.42. The minimum Gasteiger partial charge on any atom is -0.481 e. The zero-order valence-electron chi connectivity index (χ0n) is 25.2. The van der Waals surface area contributed by atoms with Crippen molar-refractivity contribution in [3.63, 3.8) is 0 Å². The highest BCUT2D eigenvalue weighted by Gasteiger charge is 2.31. The smallest absolute Gasteiger partial charge is 0.305 e. The largest absolute Gasteiger partial charge is 0.481 e. The van der Waals surface area contributed by atoms with Gasteiger partial charge in [-0.2, -0.15) is 0 Å². The van der Waals surface area contributed by atoms with Gasteiger partial charge in [-0.25, -0.2) is 4.39 Å². The summed E-state index contributed by atoms with van der Waals surface area (Å²) < 4.78 is 21.3. The number of ether oxygens (including phenoxy) is 1. The summed E-state index contributed by atoms with van der Waals surface area (Å²) in [5, 5.41) is 32.9. The van der Waals surface area contributed by atoms with Crippen LogP contribution in [-0.2, 0) is 22.7 Å². The molecule has 0 saturated heterocycles. The molecule has 0 spiro atoms. The lowest BCUT2D eigenvalue weighted by Crippen LogP contribution is -2.22. The molecule has 232 valence electrons. The van der Waals surface area contributed by atoms with Gasteiger partial charge in [0.1, 0.15) is 5.82 Å². The highest BCUT2D eigenvalue weighted by Crippen LogP contribution is 2.42. The van der Waals surface area contributed by atoms with Gasteiger partial charge in [-0.15, -0.1) is 0 Å². The van der Waals surface area contributed by atoms with Crippen LogP contribution >= 0.6 is 0 Å². The quantitative estimate of drug-likeness (QED) is 0.131. The average Bonchev–Trinajstić information content (AvgIpc) is 3.33. The van der Waals surface area contributed by atoms with Crippen LogP contribution in [0.5, 0.6) is 0 Å². The Labute approximate surface area is 256 Å². The molecule has 0 radical (unpaired) electrons. The molecule has 8 nitrogen and oxygen atoms in total. The number of carbonyl (C=O) groups excluding carboxylic acids is 1. The minimum absolute atomic E-state index is 0.103. The molecule has 0 aliphatic rings. The normalized spacial score (nSPS) is 12.7. The van der Waals surface area contributed by atoms with Gasteiger partial charge in [-0.1, -0.05) is 56.3 Å². The van der Waals surface area contributed by atoms with Crippen molar-refractivity contribution in [1.29, 1.82) is 0 Å². The Kier molecular flexibility index (Phi) is 11.1. The van der Waals surface area contributed by atoms with E-state index in [9.17, 15) is 24.2 Å². The molecule has 2 atom stereocenters. The van der Waals surface area contributed by atoms with Crippen molar-refractivity contribution in [2.75, 3.05) is 12.4 Å². The maximum atomic E-state index is 14.2. The number of aliphatic carboxylic acids is 1. The predicted molar refractivity (Wildman–Crippen MR) is 168 cm³/mol. The summed E-state index contributed by atoms with van der Waals surface area (Å²) in [4.78, 5) is 25.2. The number of carboxylic acid groups (broad SMARTS) is 1. The maximum Gasteiger partial charge on any atom is 0.305 e. The zero-order valence-corrected chi connectivity index (χ0v) is 25.2. The van der Waals surface area contributed by atoms with Crippen LogP contribution in [0.15, 0.2) is 78.9 Å². The molecule has 1 heterocycles. The van der Waals surface area contributed by atoms with E-state index in [0.717, 1.165) is 16.8 Å². The number of carboxylic acids is 1. The Morgan fingerprint density at radius 3 is 2.16 bits per heavy atom. The molecule has 4 rings (SSSR count). The topological polar surface area (TPSA) is 121 Å². The van der Waals surface area contributed by atoms with Crippen LogP contribution in [0.3, 0.4) is 0 Å². The lowest BCUT2D eigenvalue weighted by Gasteiger charge is -2.20. The Hall–Kier alpha value is -4.31. The first kappa shape index (κ1) is 32.6. The number of hydrogen-bond donors (Lipinski definition) is 4. The second kappa shape index (κ2) is 14.9. The fourth-order valence-electron chi connectivity index (χ4n) is 5.53. The van der Waals surface area contributed by atoms with Crippen molar-refractivity contribution in [2.45, 2.75) is 64.4 Å². The summed E-state index contributed by atoms with van der Waals surface area (Å²) in [6.07, 6.45) is -2.56. The number of nitrogens with one attached hydrogen (secondary N) is 1. The first-order valence-corrected chi connectivity index (χ1v) is 14.6. The molecule has 9 heteroatoms. The number of carbonyl (C=O) groups is 2. The molecular formula is C35H39FN2O6. The highest BCUT2D eigenvalue weighted by molar-refractivity contribution is 6.12. The van der Waals surface area contributed by atoms with E-state index in [1.165, 1.54) is 12.1 Å². The summed E-state index contributed by atoms with van der Waals surface area (Å²) >= 11 is 0. The van der Waals surface area contributed by atoms with Gasteiger partial charge in [0.25, 0.3) is 5.91 Å². The Balaban J connectivity index is 1.86.